The van der Waals surface area contributed by atoms with Gasteiger partial charge in [-0.05, 0) is 18.9 Å². The largest absolute Gasteiger partial charge is 0.490 e. The molecule has 2 N–H and O–H groups in total. The molecule has 1 aromatic rings. The normalized spacial score (nSPS) is 25.4. The maximum absolute atomic E-state index is 10.9. The van der Waals surface area contributed by atoms with Crippen molar-refractivity contribution in [2.45, 2.75) is 32.2 Å². The van der Waals surface area contributed by atoms with Crippen molar-refractivity contribution in [1.82, 2.24) is 0 Å². The second-order valence-corrected chi connectivity index (χ2v) is 5.55. The highest BCUT2D eigenvalue weighted by Gasteiger charge is 2.38. The van der Waals surface area contributed by atoms with Gasteiger partial charge in [0.25, 0.3) is 0 Å². The lowest BCUT2D eigenvalue weighted by atomic mass is 9.85. The van der Waals surface area contributed by atoms with Gasteiger partial charge in [-0.15, -0.1) is 0 Å². The Hall–Kier alpha value is -1.82. The molecule has 0 unspecified atom stereocenters. The predicted molar refractivity (Wildman–Crippen MR) is 76.1 cm³/mol. The lowest BCUT2D eigenvalue weighted by molar-refractivity contribution is -0.385. The van der Waals surface area contributed by atoms with Gasteiger partial charge in [-0.2, -0.15) is 0 Å². The van der Waals surface area contributed by atoms with Gasteiger partial charge in [0.2, 0.25) is 0 Å². The third-order valence-corrected chi connectivity index (χ3v) is 4.16. The van der Waals surface area contributed by atoms with Crippen molar-refractivity contribution in [2.75, 3.05) is 19.0 Å². The minimum Gasteiger partial charge on any atom is -0.490 e. The number of hydrogen-bond donors (Lipinski definition) is 2. The van der Waals surface area contributed by atoms with E-state index < -0.39 is 4.92 Å². The Morgan fingerprint density at radius 1 is 1.60 bits per heavy atom. The summed E-state index contributed by atoms with van der Waals surface area (Å²) in [6, 6.07) is 4.91. The fourth-order valence-electron chi connectivity index (χ4n) is 2.79. The van der Waals surface area contributed by atoms with Gasteiger partial charge in [-0.25, -0.2) is 0 Å². The quantitative estimate of drug-likeness (QED) is 0.639. The summed E-state index contributed by atoms with van der Waals surface area (Å²) in [5.74, 6) is 0.240. The molecule has 0 amide bonds. The molecule has 1 aliphatic rings. The minimum absolute atomic E-state index is 0.0469. The maximum atomic E-state index is 10.9. The first kappa shape index (κ1) is 14.6. The summed E-state index contributed by atoms with van der Waals surface area (Å²) >= 11 is 0. The zero-order valence-corrected chi connectivity index (χ0v) is 11.8. The molecule has 20 heavy (non-hydrogen) atoms. The van der Waals surface area contributed by atoms with Crippen LogP contribution in [0.5, 0.6) is 5.75 Å². The smallest absolute Gasteiger partial charge is 0.311 e. The number of aliphatic hydroxyl groups is 1. The number of anilines is 1. The molecule has 0 aromatic heterocycles. The molecule has 2 rings (SSSR count). The van der Waals surface area contributed by atoms with Crippen molar-refractivity contribution in [3.8, 4) is 5.75 Å². The number of methoxy groups -OCH3 is 1. The molecule has 0 spiro atoms. The molecule has 0 aliphatic heterocycles. The predicted octanol–water partition coefficient (Wildman–Crippen LogP) is 2.57. The van der Waals surface area contributed by atoms with Crippen LogP contribution in [0.25, 0.3) is 0 Å². The van der Waals surface area contributed by atoms with E-state index in [1.165, 1.54) is 13.2 Å². The van der Waals surface area contributed by atoms with Gasteiger partial charge in [0.15, 0.2) is 5.75 Å². The molecular formula is C14H20N2O4. The Labute approximate surface area is 117 Å². The summed E-state index contributed by atoms with van der Waals surface area (Å²) in [6.45, 7) is 2.19. The van der Waals surface area contributed by atoms with Gasteiger partial charge in [0.05, 0.1) is 18.6 Å². The van der Waals surface area contributed by atoms with E-state index in [1.807, 2.05) is 0 Å². The van der Waals surface area contributed by atoms with Crippen molar-refractivity contribution in [1.29, 1.82) is 0 Å². The zero-order chi connectivity index (χ0) is 14.8. The first-order chi connectivity index (χ1) is 9.50. The number of aliphatic hydroxyl groups excluding tert-OH is 1. The number of nitro groups is 1. The summed E-state index contributed by atoms with van der Waals surface area (Å²) in [7, 11) is 1.42. The van der Waals surface area contributed by atoms with Gasteiger partial charge in [0, 0.05) is 29.3 Å². The Morgan fingerprint density at radius 3 is 2.95 bits per heavy atom. The molecule has 1 fully saturated rings. The van der Waals surface area contributed by atoms with E-state index in [2.05, 4.69) is 12.2 Å². The van der Waals surface area contributed by atoms with Crippen molar-refractivity contribution in [3.63, 3.8) is 0 Å². The van der Waals surface area contributed by atoms with Crippen molar-refractivity contribution in [2.24, 2.45) is 5.41 Å². The van der Waals surface area contributed by atoms with Crippen LogP contribution < -0.4 is 10.1 Å². The summed E-state index contributed by atoms with van der Waals surface area (Å²) in [5, 5.41) is 23.8. The Kier molecular flexibility index (Phi) is 4.13. The number of ether oxygens (including phenoxy) is 1. The molecule has 1 saturated carbocycles. The second kappa shape index (κ2) is 5.66. The van der Waals surface area contributed by atoms with Crippen LogP contribution >= 0.6 is 0 Å². The minimum atomic E-state index is -0.462. The molecule has 0 heterocycles. The van der Waals surface area contributed by atoms with Crippen LogP contribution in [0.2, 0.25) is 0 Å². The summed E-state index contributed by atoms with van der Waals surface area (Å²) in [6.07, 6.45) is 3.03. The highest BCUT2D eigenvalue weighted by molar-refractivity contribution is 5.58. The molecule has 110 valence electrons. The highest BCUT2D eigenvalue weighted by atomic mass is 16.6. The summed E-state index contributed by atoms with van der Waals surface area (Å²) in [4.78, 5) is 10.4. The van der Waals surface area contributed by atoms with Crippen LogP contribution in [0.15, 0.2) is 18.2 Å². The first-order valence-corrected chi connectivity index (χ1v) is 6.70. The van der Waals surface area contributed by atoms with Crippen LogP contribution in [0.3, 0.4) is 0 Å². The van der Waals surface area contributed by atoms with Gasteiger partial charge >= 0.3 is 5.69 Å². The van der Waals surface area contributed by atoms with Gasteiger partial charge < -0.3 is 15.2 Å². The monoisotopic (exact) mass is 280 g/mol. The third-order valence-electron chi connectivity index (χ3n) is 4.16. The molecule has 0 saturated heterocycles. The number of rotatable bonds is 5. The molecule has 6 heteroatoms. The first-order valence-electron chi connectivity index (χ1n) is 6.70. The van der Waals surface area contributed by atoms with Gasteiger partial charge in [-0.3, -0.25) is 10.1 Å². The van der Waals surface area contributed by atoms with Crippen molar-refractivity contribution in [3.05, 3.63) is 28.3 Å². The van der Waals surface area contributed by atoms with Crippen LogP contribution in [-0.4, -0.2) is 29.8 Å². The maximum Gasteiger partial charge on any atom is 0.311 e. The molecule has 1 aromatic carbocycles. The van der Waals surface area contributed by atoms with Crippen molar-refractivity contribution < 1.29 is 14.8 Å². The summed E-state index contributed by atoms with van der Waals surface area (Å²) in [5.41, 5.74) is 0.586. The molecule has 6 nitrogen and oxygen atoms in total. The van der Waals surface area contributed by atoms with E-state index in [-0.39, 0.29) is 29.5 Å². The number of nitrogens with one attached hydrogen (secondary N) is 1. The van der Waals surface area contributed by atoms with Crippen LogP contribution in [-0.2, 0) is 0 Å². The molecule has 2 atom stereocenters. The average Bonchev–Trinajstić information content (AvgIpc) is 2.80. The van der Waals surface area contributed by atoms with E-state index in [1.54, 1.807) is 12.1 Å². The molecule has 1 aliphatic carbocycles. The highest BCUT2D eigenvalue weighted by Crippen LogP contribution is 2.40. The van der Waals surface area contributed by atoms with Crippen molar-refractivity contribution >= 4 is 11.4 Å². The van der Waals surface area contributed by atoms with E-state index in [9.17, 15) is 15.2 Å². The number of nitrogens with zero attached hydrogens (tertiary/aromatic N) is 1. The standard InChI is InChI=1S/C14H20N2O4/c1-14(9-17)7-3-4-13(14)15-10-5-6-11(16(18)19)12(8-10)20-2/h5-6,8,13,15,17H,3-4,7,9H2,1-2H3/t13-,14+/m0/s1. The molecule has 0 radical (unpaired) electrons. The fourth-order valence-corrected chi connectivity index (χ4v) is 2.79. The molecule has 0 bridgehead atoms. The van der Waals surface area contributed by atoms with Gasteiger partial charge in [0.1, 0.15) is 0 Å². The van der Waals surface area contributed by atoms with E-state index in [4.69, 9.17) is 4.74 Å². The van der Waals surface area contributed by atoms with E-state index in [0.717, 1.165) is 24.9 Å². The number of benzene rings is 1. The van der Waals surface area contributed by atoms with E-state index >= 15 is 0 Å². The lowest BCUT2D eigenvalue weighted by Crippen LogP contribution is -2.36. The average molecular weight is 280 g/mol. The second-order valence-electron chi connectivity index (χ2n) is 5.55. The Morgan fingerprint density at radius 2 is 2.35 bits per heavy atom. The summed E-state index contributed by atoms with van der Waals surface area (Å²) < 4.78 is 5.06. The van der Waals surface area contributed by atoms with Gasteiger partial charge in [-0.1, -0.05) is 13.3 Å². The van der Waals surface area contributed by atoms with Crippen LogP contribution in [0.4, 0.5) is 11.4 Å². The van der Waals surface area contributed by atoms with Crippen LogP contribution in [0.1, 0.15) is 26.2 Å². The van der Waals surface area contributed by atoms with Crippen LogP contribution in [0, 0.1) is 15.5 Å². The SMILES string of the molecule is COc1cc(N[C@H]2CCC[C@]2(C)CO)ccc1[N+](=O)[O-]. The fraction of sp³-hybridized carbons (Fsp3) is 0.571. The number of hydrogen-bond acceptors (Lipinski definition) is 5. The Balaban J connectivity index is 2.20. The topological polar surface area (TPSA) is 84.6 Å². The van der Waals surface area contributed by atoms with E-state index in [0.29, 0.717) is 0 Å². The zero-order valence-electron chi connectivity index (χ0n) is 11.8. The lowest BCUT2D eigenvalue weighted by Gasteiger charge is -2.31. The molecular weight excluding hydrogens is 260 g/mol. The number of nitro benzene ring substituents is 1. The Bertz CT molecular complexity index is 506. The third kappa shape index (κ3) is 2.70.